The number of aryl methyl sites for hydroxylation is 1. The molecule has 1 aliphatic heterocycles. The molecule has 1 saturated heterocycles. The maximum atomic E-state index is 11.0. The summed E-state index contributed by atoms with van der Waals surface area (Å²) in [6.45, 7) is 2.69. The Hall–Kier alpha value is -2.28. The van der Waals surface area contributed by atoms with Crippen LogP contribution >= 0.6 is 0 Å². The van der Waals surface area contributed by atoms with E-state index >= 15 is 0 Å². The predicted molar refractivity (Wildman–Crippen MR) is 107 cm³/mol. The Kier molecular flexibility index (Phi) is 4.23. The summed E-state index contributed by atoms with van der Waals surface area (Å²) < 4.78 is 2.02. The van der Waals surface area contributed by atoms with Gasteiger partial charge in [0.15, 0.2) is 0 Å². The molecular formula is C22H26N4O2. The monoisotopic (exact) mass is 378 g/mol. The smallest absolute Gasteiger partial charge is 0.143 e. The maximum absolute atomic E-state index is 11.0. The summed E-state index contributed by atoms with van der Waals surface area (Å²) in [6.07, 6.45) is 4.53. The third-order valence-corrected chi connectivity index (χ3v) is 6.75. The number of aliphatic hydroxyl groups excluding tert-OH is 2. The Labute approximate surface area is 164 Å². The zero-order valence-corrected chi connectivity index (χ0v) is 16.0. The number of aromatic nitrogens is 3. The van der Waals surface area contributed by atoms with E-state index in [1.54, 1.807) is 6.33 Å². The van der Waals surface area contributed by atoms with Crippen molar-refractivity contribution < 1.29 is 10.2 Å². The van der Waals surface area contributed by atoms with Gasteiger partial charge in [0.25, 0.3) is 0 Å². The zero-order valence-electron chi connectivity index (χ0n) is 16.0. The lowest BCUT2D eigenvalue weighted by Crippen LogP contribution is -2.38. The van der Waals surface area contributed by atoms with Crippen LogP contribution < -0.4 is 5.32 Å². The molecule has 3 heterocycles. The standard InChI is InChI=1S/C22H26N4O2/c1-14-17-7-8-26(21(17)25-13-24-14)18-11-22(20(28)19(18)27)10-16(23-12-22)9-15-5-3-2-4-6-15/h2-8,13,16,18-20,23,27-28H,9-12H2,1H3/t16-,18+,19-,20-,22-/m0/s1. The first-order valence-corrected chi connectivity index (χ1v) is 9.99. The molecule has 1 saturated carbocycles. The van der Waals surface area contributed by atoms with Crippen LogP contribution in [0.3, 0.4) is 0 Å². The molecule has 6 heteroatoms. The van der Waals surface area contributed by atoms with E-state index < -0.39 is 12.2 Å². The highest BCUT2D eigenvalue weighted by Crippen LogP contribution is 2.50. The van der Waals surface area contributed by atoms with Gasteiger partial charge in [-0.15, -0.1) is 0 Å². The summed E-state index contributed by atoms with van der Waals surface area (Å²) in [5.41, 5.74) is 2.75. The molecule has 0 unspecified atom stereocenters. The molecule has 146 valence electrons. The van der Waals surface area contributed by atoms with Crippen molar-refractivity contribution in [2.75, 3.05) is 6.54 Å². The molecule has 0 bridgehead atoms. The Morgan fingerprint density at radius 2 is 1.96 bits per heavy atom. The minimum absolute atomic E-state index is 0.181. The molecular weight excluding hydrogens is 352 g/mol. The van der Waals surface area contributed by atoms with Crippen LogP contribution in [0.4, 0.5) is 0 Å². The predicted octanol–water partition coefficient (Wildman–Crippen LogP) is 2.00. The quantitative estimate of drug-likeness (QED) is 0.649. The molecule has 1 aliphatic carbocycles. The number of nitrogens with zero attached hydrogens (tertiary/aromatic N) is 3. The van der Waals surface area contributed by atoms with E-state index in [2.05, 4.69) is 39.6 Å². The van der Waals surface area contributed by atoms with Crippen LogP contribution in [0.1, 0.15) is 30.1 Å². The minimum atomic E-state index is -0.803. The first-order valence-electron chi connectivity index (χ1n) is 9.99. The molecule has 5 atom stereocenters. The number of nitrogens with one attached hydrogen (secondary N) is 1. The van der Waals surface area contributed by atoms with Gasteiger partial charge in [-0.25, -0.2) is 9.97 Å². The van der Waals surface area contributed by atoms with Crippen LogP contribution in [0.2, 0.25) is 0 Å². The van der Waals surface area contributed by atoms with Crippen molar-refractivity contribution in [3.05, 3.63) is 60.2 Å². The summed E-state index contributed by atoms with van der Waals surface area (Å²) in [7, 11) is 0. The lowest BCUT2D eigenvalue weighted by Gasteiger charge is -2.27. The SMILES string of the molecule is Cc1ncnc2c1ccn2[C@@H]1C[C@@]2(CN[C@@H](Cc3ccccc3)C2)[C@@H](O)[C@H]1O. The molecule has 6 nitrogen and oxygen atoms in total. The molecule has 2 fully saturated rings. The number of hydrogen-bond donors (Lipinski definition) is 3. The summed E-state index contributed by atoms with van der Waals surface area (Å²) >= 11 is 0. The van der Waals surface area contributed by atoms with E-state index in [-0.39, 0.29) is 11.5 Å². The number of hydrogen-bond acceptors (Lipinski definition) is 5. The van der Waals surface area contributed by atoms with Crippen molar-refractivity contribution >= 4 is 11.0 Å². The van der Waals surface area contributed by atoms with Crippen LogP contribution in [-0.2, 0) is 6.42 Å². The summed E-state index contributed by atoms with van der Waals surface area (Å²) in [5.74, 6) is 0. The highest BCUT2D eigenvalue weighted by molar-refractivity contribution is 5.78. The van der Waals surface area contributed by atoms with Crippen LogP contribution in [0.25, 0.3) is 11.0 Å². The van der Waals surface area contributed by atoms with Gasteiger partial charge in [-0.2, -0.15) is 0 Å². The van der Waals surface area contributed by atoms with Gasteiger partial charge in [0.05, 0.1) is 17.8 Å². The first-order chi connectivity index (χ1) is 13.6. The molecule has 2 aliphatic rings. The molecule has 0 amide bonds. The van der Waals surface area contributed by atoms with Gasteiger partial charge in [0, 0.05) is 29.6 Å². The molecule has 5 rings (SSSR count). The van der Waals surface area contributed by atoms with Crippen LogP contribution in [-0.4, -0.2) is 49.5 Å². The molecule has 28 heavy (non-hydrogen) atoms. The summed E-state index contributed by atoms with van der Waals surface area (Å²) in [5, 5.41) is 26.5. The van der Waals surface area contributed by atoms with Crippen molar-refractivity contribution in [3.8, 4) is 0 Å². The second-order valence-electron chi connectivity index (χ2n) is 8.46. The Morgan fingerprint density at radius 1 is 1.14 bits per heavy atom. The third-order valence-electron chi connectivity index (χ3n) is 6.75. The zero-order chi connectivity index (χ0) is 19.3. The van der Waals surface area contributed by atoms with Crippen LogP contribution in [0.5, 0.6) is 0 Å². The summed E-state index contributed by atoms with van der Waals surface area (Å²) in [6, 6.07) is 12.6. The van der Waals surface area contributed by atoms with Crippen molar-refractivity contribution in [2.24, 2.45) is 5.41 Å². The third kappa shape index (κ3) is 2.75. The van der Waals surface area contributed by atoms with Gasteiger partial charge in [0.2, 0.25) is 0 Å². The Morgan fingerprint density at radius 3 is 2.79 bits per heavy atom. The van der Waals surface area contributed by atoms with E-state index in [1.165, 1.54) is 5.56 Å². The fraction of sp³-hybridized carbons (Fsp3) is 0.455. The minimum Gasteiger partial charge on any atom is -0.390 e. The summed E-state index contributed by atoms with van der Waals surface area (Å²) in [4.78, 5) is 8.69. The Balaban J connectivity index is 1.40. The highest BCUT2D eigenvalue weighted by atomic mass is 16.3. The van der Waals surface area contributed by atoms with Gasteiger partial charge in [0.1, 0.15) is 18.1 Å². The van der Waals surface area contributed by atoms with Crippen molar-refractivity contribution in [3.63, 3.8) is 0 Å². The van der Waals surface area contributed by atoms with Gasteiger partial charge in [-0.3, -0.25) is 0 Å². The fourth-order valence-electron chi connectivity index (χ4n) is 5.26. The second-order valence-corrected chi connectivity index (χ2v) is 8.46. The van der Waals surface area contributed by atoms with Crippen molar-refractivity contribution in [1.82, 2.24) is 19.9 Å². The van der Waals surface area contributed by atoms with E-state index in [9.17, 15) is 10.2 Å². The molecule has 3 N–H and O–H groups in total. The number of benzene rings is 1. The van der Waals surface area contributed by atoms with Gasteiger partial charge < -0.3 is 20.1 Å². The van der Waals surface area contributed by atoms with Crippen LogP contribution in [0, 0.1) is 12.3 Å². The normalized spacial score (nSPS) is 32.5. The second kappa shape index (κ2) is 6.65. The number of rotatable bonds is 3. The van der Waals surface area contributed by atoms with Crippen molar-refractivity contribution in [2.45, 2.75) is 50.5 Å². The van der Waals surface area contributed by atoms with Crippen molar-refractivity contribution in [1.29, 1.82) is 0 Å². The largest absolute Gasteiger partial charge is 0.390 e. The molecule has 1 aromatic carbocycles. The average Bonchev–Trinajstić information content (AvgIpc) is 3.37. The number of fused-ring (bicyclic) bond motifs is 1. The maximum Gasteiger partial charge on any atom is 0.143 e. The van der Waals surface area contributed by atoms with E-state index in [0.717, 1.165) is 42.5 Å². The van der Waals surface area contributed by atoms with Crippen LogP contribution in [0.15, 0.2) is 48.9 Å². The van der Waals surface area contributed by atoms with E-state index in [1.807, 2.05) is 29.8 Å². The topological polar surface area (TPSA) is 83.2 Å². The molecule has 3 aromatic rings. The lowest BCUT2D eigenvalue weighted by atomic mass is 9.80. The van der Waals surface area contributed by atoms with Gasteiger partial charge in [-0.1, -0.05) is 30.3 Å². The average molecular weight is 378 g/mol. The van der Waals surface area contributed by atoms with Gasteiger partial charge in [-0.05, 0) is 37.8 Å². The van der Waals surface area contributed by atoms with E-state index in [0.29, 0.717) is 6.04 Å². The van der Waals surface area contributed by atoms with Gasteiger partial charge >= 0.3 is 0 Å². The highest BCUT2D eigenvalue weighted by Gasteiger charge is 2.56. The number of aliphatic hydroxyl groups is 2. The Bertz CT molecular complexity index is 989. The molecule has 0 radical (unpaired) electrons. The van der Waals surface area contributed by atoms with E-state index in [4.69, 9.17) is 0 Å². The lowest BCUT2D eigenvalue weighted by molar-refractivity contribution is -0.0217. The molecule has 1 spiro atoms. The molecule has 2 aromatic heterocycles. The fourth-order valence-corrected chi connectivity index (χ4v) is 5.26. The first kappa shape index (κ1) is 17.8.